The number of aromatic nitrogens is 2. The summed E-state index contributed by atoms with van der Waals surface area (Å²) in [6.07, 6.45) is 3.51. The van der Waals surface area contributed by atoms with Crippen molar-refractivity contribution in [3.05, 3.63) is 16.4 Å². The summed E-state index contributed by atoms with van der Waals surface area (Å²) in [7, 11) is 1.68. The second kappa shape index (κ2) is 8.12. The van der Waals surface area contributed by atoms with E-state index >= 15 is 0 Å². The summed E-state index contributed by atoms with van der Waals surface area (Å²) < 4.78 is 14.0. The second-order valence-corrected chi connectivity index (χ2v) is 5.63. The highest BCUT2D eigenvalue weighted by molar-refractivity contribution is 9.10. The summed E-state index contributed by atoms with van der Waals surface area (Å²) in [6.45, 7) is 8.17. The SMILES string of the molecule is CCOC(CC)(CC)C(N)c1c(Br)cnn1CCOC. The third-order valence-corrected chi connectivity index (χ3v) is 4.44. The van der Waals surface area contributed by atoms with Crippen LogP contribution in [0, 0.1) is 0 Å². The zero-order valence-electron chi connectivity index (χ0n) is 12.9. The normalized spacial score (nSPS) is 13.7. The predicted octanol–water partition coefficient (Wildman–Crippen LogP) is 2.89. The molecular formula is C14H26BrN3O2. The van der Waals surface area contributed by atoms with Crippen LogP contribution >= 0.6 is 15.9 Å². The van der Waals surface area contributed by atoms with Crippen LogP contribution in [0.3, 0.4) is 0 Å². The van der Waals surface area contributed by atoms with Crippen LogP contribution in [0.5, 0.6) is 0 Å². The molecule has 1 rings (SSSR count). The molecule has 2 N–H and O–H groups in total. The minimum Gasteiger partial charge on any atom is -0.383 e. The molecule has 1 heterocycles. The molecule has 1 aromatic rings. The van der Waals surface area contributed by atoms with E-state index in [-0.39, 0.29) is 11.6 Å². The molecule has 116 valence electrons. The Morgan fingerprint density at radius 1 is 1.40 bits per heavy atom. The van der Waals surface area contributed by atoms with Crippen LogP contribution in [-0.2, 0) is 16.0 Å². The van der Waals surface area contributed by atoms with Crippen LogP contribution in [0.25, 0.3) is 0 Å². The molecule has 0 fully saturated rings. The Hall–Kier alpha value is -0.430. The largest absolute Gasteiger partial charge is 0.383 e. The van der Waals surface area contributed by atoms with Gasteiger partial charge in [0.15, 0.2) is 0 Å². The van der Waals surface area contributed by atoms with Crippen molar-refractivity contribution in [3.63, 3.8) is 0 Å². The van der Waals surface area contributed by atoms with E-state index < -0.39 is 0 Å². The molecule has 0 aliphatic heterocycles. The summed E-state index contributed by atoms with van der Waals surface area (Å²) >= 11 is 3.55. The second-order valence-electron chi connectivity index (χ2n) is 4.78. The number of rotatable bonds is 9. The molecule has 1 aromatic heterocycles. The van der Waals surface area contributed by atoms with Crippen molar-refractivity contribution in [1.29, 1.82) is 0 Å². The highest BCUT2D eigenvalue weighted by atomic mass is 79.9. The molecule has 0 amide bonds. The summed E-state index contributed by atoms with van der Waals surface area (Å²) in [5.41, 5.74) is 7.15. The Kier molecular flexibility index (Phi) is 7.15. The summed E-state index contributed by atoms with van der Waals surface area (Å²) in [5.74, 6) is 0. The number of hydrogen-bond donors (Lipinski definition) is 1. The maximum atomic E-state index is 6.54. The number of nitrogens with two attached hydrogens (primary N) is 1. The number of methoxy groups -OCH3 is 1. The van der Waals surface area contributed by atoms with Crippen molar-refractivity contribution >= 4 is 15.9 Å². The van der Waals surface area contributed by atoms with Gasteiger partial charge in [-0.25, -0.2) is 0 Å². The number of halogens is 1. The van der Waals surface area contributed by atoms with E-state index in [1.165, 1.54) is 0 Å². The highest BCUT2D eigenvalue weighted by Crippen LogP contribution is 2.36. The highest BCUT2D eigenvalue weighted by Gasteiger charge is 2.38. The lowest BCUT2D eigenvalue weighted by atomic mass is 9.86. The molecule has 0 aliphatic rings. The van der Waals surface area contributed by atoms with Crippen LogP contribution in [0.4, 0.5) is 0 Å². The molecular weight excluding hydrogens is 322 g/mol. The third-order valence-electron chi connectivity index (χ3n) is 3.83. The van der Waals surface area contributed by atoms with Gasteiger partial charge in [-0.3, -0.25) is 4.68 Å². The molecule has 0 saturated carbocycles. The average molecular weight is 348 g/mol. The van der Waals surface area contributed by atoms with Crippen molar-refractivity contribution in [2.45, 2.75) is 51.8 Å². The zero-order chi connectivity index (χ0) is 15.2. The van der Waals surface area contributed by atoms with E-state index in [0.29, 0.717) is 19.8 Å². The standard InChI is InChI=1S/C14H26BrN3O2/c1-5-14(6-2,20-7-3)13(16)12-11(15)10-17-18(12)8-9-19-4/h10,13H,5-9,16H2,1-4H3. The smallest absolute Gasteiger partial charge is 0.0884 e. The maximum Gasteiger partial charge on any atom is 0.0884 e. The van der Waals surface area contributed by atoms with Crippen LogP contribution in [0.2, 0.25) is 0 Å². The maximum absolute atomic E-state index is 6.54. The van der Waals surface area contributed by atoms with Crippen LogP contribution in [0.1, 0.15) is 45.3 Å². The molecule has 0 bridgehead atoms. The molecule has 0 radical (unpaired) electrons. The lowest BCUT2D eigenvalue weighted by Gasteiger charge is -2.37. The zero-order valence-corrected chi connectivity index (χ0v) is 14.4. The number of ether oxygens (including phenoxy) is 2. The van der Waals surface area contributed by atoms with Gasteiger partial charge < -0.3 is 15.2 Å². The van der Waals surface area contributed by atoms with E-state index in [0.717, 1.165) is 23.0 Å². The van der Waals surface area contributed by atoms with Crippen molar-refractivity contribution in [2.75, 3.05) is 20.3 Å². The van der Waals surface area contributed by atoms with Gasteiger partial charge in [-0.1, -0.05) is 13.8 Å². The first-order valence-corrected chi connectivity index (χ1v) is 7.95. The van der Waals surface area contributed by atoms with Gasteiger partial charge in [0.2, 0.25) is 0 Å². The minimum absolute atomic E-state index is 0.230. The molecule has 20 heavy (non-hydrogen) atoms. The molecule has 0 aliphatic carbocycles. The fraction of sp³-hybridized carbons (Fsp3) is 0.786. The molecule has 5 nitrogen and oxygen atoms in total. The number of hydrogen-bond acceptors (Lipinski definition) is 4. The lowest BCUT2D eigenvalue weighted by Crippen LogP contribution is -2.44. The van der Waals surface area contributed by atoms with Crippen LogP contribution < -0.4 is 5.73 Å². The van der Waals surface area contributed by atoms with E-state index in [2.05, 4.69) is 34.9 Å². The Labute approximate surface area is 129 Å². The van der Waals surface area contributed by atoms with E-state index in [9.17, 15) is 0 Å². The molecule has 0 aromatic carbocycles. The van der Waals surface area contributed by atoms with Gasteiger partial charge >= 0.3 is 0 Å². The summed E-state index contributed by atoms with van der Waals surface area (Å²) in [5, 5.41) is 4.37. The van der Waals surface area contributed by atoms with Gasteiger partial charge in [0.25, 0.3) is 0 Å². The fourth-order valence-electron chi connectivity index (χ4n) is 2.56. The van der Waals surface area contributed by atoms with Gasteiger partial charge in [0.05, 0.1) is 41.2 Å². The topological polar surface area (TPSA) is 62.3 Å². The van der Waals surface area contributed by atoms with Gasteiger partial charge in [-0.15, -0.1) is 0 Å². The van der Waals surface area contributed by atoms with Crippen molar-refractivity contribution in [2.24, 2.45) is 5.73 Å². The Morgan fingerprint density at radius 2 is 2.05 bits per heavy atom. The van der Waals surface area contributed by atoms with Gasteiger partial charge in [0.1, 0.15) is 0 Å². The van der Waals surface area contributed by atoms with Crippen molar-refractivity contribution in [3.8, 4) is 0 Å². The Balaban J connectivity index is 3.10. The Morgan fingerprint density at radius 3 is 2.55 bits per heavy atom. The van der Waals surface area contributed by atoms with Gasteiger partial charge in [-0.2, -0.15) is 5.10 Å². The molecule has 1 atom stereocenters. The lowest BCUT2D eigenvalue weighted by molar-refractivity contribution is -0.0665. The van der Waals surface area contributed by atoms with E-state index in [1.807, 2.05) is 11.6 Å². The molecule has 0 saturated heterocycles. The number of nitrogens with zero attached hydrogens (tertiary/aromatic N) is 2. The minimum atomic E-state index is -0.359. The molecule has 1 unspecified atom stereocenters. The average Bonchev–Trinajstić information content (AvgIpc) is 2.82. The van der Waals surface area contributed by atoms with Crippen molar-refractivity contribution < 1.29 is 9.47 Å². The van der Waals surface area contributed by atoms with Gasteiger partial charge in [0, 0.05) is 13.7 Å². The molecule has 6 heteroatoms. The Bertz CT molecular complexity index is 405. The molecule has 0 spiro atoms. The monoisotopic (exact) mass is 347 g/mol. The summed E-state index contributed by atoms with van der Waals surface area (Å²) in [6, 6.07) is -0.230. The first kappa shape index (κ1) is 17.6. The third kappa shape index (κ3) is 3.61. The fourth-order valence-corrected chi connectivity index (χ4v) is 3.10. The van der Waals surface area contributed by atoms with Crippen LogP contribution in [-0.4, -0.2) is 35.7 Å². The first-order valence-electron chi connectivity index (χ1n) is 7.15. The summed E-state index contributed by atoms with van der Waals surface area (Å²) in [4.78, 5) is 0. The predicted molar refractivity (Wildman–Crippen MR) is 83.7 cm³/mol. The van der Waals surface area contributed by atoms with E-state index in [1.54, 1.807) is 13.3 Å². The van der Waals surface area contributed by atoms with Crippen molar-refractivity contribution in [1.82, 2.24) is 9.78 Å². The first-order chi connectivity index (χ1) is 9.56. The van der Waals surface area contributed by atoms with Crippen LogP contribution in [0.15, 0.2) is 10.7 Å². The van der Waals surface area contributed by atoms with Gasteiger partial charge in [-0.05, 0) is 35.7 Å². The van der Waals surface area contributed by atoms with E-state index in [4.69, 9.17) is 15.2 Å². The quantitative estimate of drug-likeness (QED) is 0.745.